The molecule has 11 aromatic rings. The van der Waals surface area contributed by atoms with Crippen LogP contribution in [-0.2, 0) is 0 Å². The second-order valence-corrected chi connectivity index (χ2v) is 14.6. The molecule has 3 heterocycles. The molecule has 8 aromatic carbocycles. The van der Waals surface area contributed by atoms with E-state index in [1.165, 1.54) is 42.4 Å². The number of rotatable bonds is 6. The summed E-state index contributed by atoms with van der Waals surface area (Å²) in [5.74, 6) is 0.597. The molecule has 11 rings (SSSR count). The van der Waals surface area contributed by atoms with Crippen LogP contribution in [0.25, 0.3) is 86.9 Å². The molecule has 0 radical (unpaired) electrons. The van der Waals surface area contributed by atoms with Crippen molar-refractivity contribution < 1.29 is 8.83 Å². The van der Waals surface area contributed by atoms with Crippen LogP contribution in [0.1, 0.15) is 0 Å². The number of fused-ring (bicyclic) bond motifs is 8. The molecule has 0 aliphatic carbocycles. The van der Waals surface area contributed by atoms with Gasteiger partial charge in [-0.3, -0.25) is 0 Å². The molecule has 5 heteroatoms. The van der Waals surface area contributed by atoms with E-state index in [0.717, 1.165) is 55.7 Å². The molecule has 0 spiro atoms. The highest BCUT2D eigenvalue weighted by Crippen LogP contribution is 2.44. The number of hydrogen-bond donors (Lipinski definition) is 0. The summed E-state index contributed by atoms with van der Waals surface area (Å²) in [5, 5.41) is 4.51. The first-order valence-electron chi connectivity index (χ1n) is 18.0. The standard InChI is InChI=1S/C49H30N2O2S/c1-3-11-31(12-4-1)32-21-23-35(24-22-32)51(36-16-9-15-34(29-36)38-18-10-20-45-46(38)40-17-7-8-19-44(40)54-45)37-25-26-39-43(30-37)52-42-28-27-41-48(47(39)42)53-49(50-41)33-13-5-2-6-14-33/h1-30H. The minimum absolute atomic E-state index is 0.597. The molecule has 0 bridgehead atoms. The molecule has 0 saturated carbocycles. The highest BCUT2D eigenvalue weighted by Gasteiger charge is 2.20. The fourth-order valence-electron chi connectivity index (χ4n) is 7.79. The molecule has 3 aromatic heterocycles. The molecular weight excluding hydrogens is 681 g/mol. The van der Waals surface area contributed by atoms with Crippen molar-refractivity contribution in [2.75, 3.05) is 4.90 Å². The molecule has 0 unspecified atom stereocenters. The topological polar surface area (TPSA) is 42.4 Å². The van der Waals surface area contributed by atoms with Gasteiger partial charge < -0.3 is 13.7 Å². The van der Waals surface area contributed by atoms with Crippen LogP contribution in [0, 0.1) is 0 Å². The number of anilines is 3. The molecule has 0 atom stereocenters. The summed E-state index contributed by atoms with van der Waals surface area (Å²) < 4.78 is 15.6. The lowest BCUT2D eigenvalue weighted by molar-refractivity contribution is 0.622. The summed E-state index contributed by atoms with van der Waals surface area (Å²) in [4.78, 5) is 7.14. The van der Waals surface area contributed by atoms with Gasteiger partial charge in [0.25, 0.3) is 0 Å². The zero-order chi connectivity index (χ0) is 35.6. The Hall–Kier alpha value is -6.95. The largest absolute Gasteiger partial charge is 0.456 e. The Labute approximate surface area is 314 Å². The Morgan fingerprint density at radius 2 is 1.11 bits per heavy atom. The number of benzene rings is 8. The molecule has 0 N–H and O–H groups in total. The zero-order valence-corrected chi connectivity index (χ0v) is 29.8. The Morgan fingerprint density at radius 3 is 1.96 bits per heavy atom. The van der Waals surface area contributed by atoms with Gasteiger partial charge in [0.15, 0.2) is 5.58 Å². The van der Waals surface area contributed by atoms with Crippen molar-refractivity contribution >= 4 is 81.6 Å². The van der Waals surface area contributed by atoms with E-state index >= 15 is 0 Å². The lowest BCUT2D eigenvalue weighted by atomic mass is 9.98. The molecule has 0 amide bonds. The van der Waals surface area contributed by atoms with Crippen LogP contribution in [0.15, 0.2) is 191 Å². The average Bonchev–Trinajstić information content (AvgIpc) is 3.95. The van der Waals surface area contributed by atoms with E-state index in [2.05, 4.69) is 144 Å². The third-order valence-electron chi connectivity index (χ3n) is 10.3. The molecule has 254 valence electrons. The van der Waals surface area contributed by atoms with E-state index < -0.39 is 0 Å². The Balaban J connectivity index is 1.07. The van der Waals surface area contributed by atoms with E-state index in [-0.39, 0.29) is 0 Å². The molecular formula is C49H30N2O2S. The van der Waals surface area contributed by atoms with Crippen molar-refractivity contribution in [3.05, 3.63) is 182 Å². The van der Waals surface area contributed by atoms with Gasteiger partial charge in [0.1, 0.15) is 16.7 Å². The number of thiophene rings is 1. The number of hydrogen-bond acceptors (Lipinski definition) is 5. The van der Waals surface area contributed by atoms with Gasteiger partial charge in [-0.15, -0.1) is 11.3 Å². The van der Waals surface area contributed by atoms with Crippen LogP contribution in [0.2, 0.25) is 0 Å². The van der Waals surface area contributed by atoms with Gasteiger partial charge in [0.05, 0.1) is 5.39 Å². The summed E-state index contributed by atoms with van der Waals surface area (Å²) in [6.45, 7) is 0. The highest BCUT2D eigenvalue weighted by molar-refractivity contribution is 7.25. The van der Waals surface area contributed by atoms with E-state index in [0.29, 0.717) is 5.89 Å². The summed E-state index contributed by atoms with van der Waals surface area (Å²) in [6.07, 6.45) is 0. The first-order chi connectivity index (χ1) is 26.7. The Morgan fingerprint density at radius 1 is 0.426 bits per heavy atom. The summed E-state index contributed by atoms with van der Waals surface area (Å²) in [6, 6.07) is 64.0. The predicted molar refractivity (Wildman–Crippen MR) is 225 cm³/mol. The monoisotopic (exact) mass is 710 g/mol. The normalized spacial score (nSPS) is 11.7. The summed E-state index contributed by atoms with van der Waals surface area (Å²) in [7, 11) is 0. The molecule has 4 nitrogen and oxygen atoms in total. The van der Waals surface area contributed by atoms with Crippen LogP contribution in [0.4, 0.5) is 17.1 Å². The highest BCUT2D eigenvalue weighted by atomic mass is 32.1. The Kier molecular flexibility index (Phi) is 7.00. The second kappa shape index (κ2) is 12.3. The van der Waals surface area contributed by atoms with Gasteiger partial charge >= 0.3 is 0 Å². The van der Waals surface area contributed by atoms with Gasteiger partial charge in [-0.2, -0.15) is 0 Å². The molecule has 0 fully saturated rings. The van der Waals surface area contributed by atoms with E-state index in [9.17, 15) is 0 Å². The summed E-state index contributed by atoms with van der Waals surface area (Å²) >= 11 is 1.85. The van der Waals surface area contributed by atoms with Gasteiger partial charge in [-0.05, 0) is 95.1 Å². The number of aromatic nitrogens is 1. The van der Waals surface area contributed by atoms with Crippen LogP contribution in [-0.4, -0.2) is 4.98 Å². The second-order valence-electron chi connectivity index (χ2n) is 13.5. The van der Waals surface area contributed by atoms with Crippen molar-refractivity contribution in [2.24, 2.45) is 0 Å². The fraction of sp³-hybridized carbons (Fsp3) is 0. The maximum Gasteiger partial charge on any atom is 0.227 e. The van der Waals surface area contributed by atoms with Crippen molar-refractivity contribution in [3.63, 3.8) is 0 Å². The maximum absolute atomic E-state index is 6.58. The molecule has 0 saturated heterocycles. The molecule has 0 aliphatic heterocycles. The lowest BCUT2D eigenvalue weighted by Crippen LogP contribution is -2.10. The molecule has 54 heavy (non-hydrogen) atoms. The van der Waals surface area contributed by atoms with Crippen LogP contribution in [0.3, 0.4) is 0 Å². The quantitative estimate of drug-likeness (QED) is 0.172. The van der Waals surface area contributed by atoms with Gasteiger partial charge in [-0.25, -0.2) is 4.98 Å². The third kappa shape index (κ3) is 5.01. The van der Waals surface area contributed by atoms with Crippen LogP contribution < -0.4 is 4.90 Å². The first kappa shape index (κ1) is 30.7. The smallest absolute Gasteiger partial charge is 0.227 e. The van der Waals surface area contributed by atoms with E-state index in [1.54, 1.807) is 0 Å². The average molecular weight is 711 g/mol. The van der Waals surface area contributed by atoms with Crippen molar-refractivity contribution in [3.8, 4) is 33.7 Å². The minimum atomic E-state index is 0.597. The van der Waals surface area contributed by atoms with Crippen molar-refractivity contribution in [1.82, 2.24) is 4.98 Å². The molecule has 0 aliphatic rings. The first-order valence-corrected chi connectivity index (χ1v) is 18.8. The SMILES string of the molecule is c1ccc(-c2ccc(N(c3cccc(-c4cccc5sc6ccccc6c45)c3)c3ccc4c(c3)oc3ccc5nc(-c6ccccc6)oc5c34)cc2)cc1. The number of nitrogens with zero attached hydrogens (tertiary/aromatic N) is 2. The maximum atomic E-state index is 6.58. The fourth-order valence-corrected chi connectivity index (χ4v) is 8.92. The van der Waals surface area contributed by atoms with Gasteiger partial charge in [0, 0.05) is 54.3 Å². The van der Waals surface area contributed by atoms with Crippen LogP contribution in [0.5, 0.6) is 0 Å². The van der Waals surface area contributed by atoms with E-state index in [4.69, 9.17) is 13.8 Å². The Bertz CT molecular complexity index is 3160. The van der Waals surface area contributed by atoms with Crippen molar-refractivity contribution in [1.29, 1.82) is 0 Å². The van der Waals surface area contributed by atoms with Gasteiger partial charge in [-0.1, -0.05) is 103 Å². The third-order valence-corrected chi connectivity index (χ3v) is 11.4. The lowest BCUT2D eigenvalue weighted by Gasteiger charge is -2.26. The zero-order valence-electron chi connectivity index (χ0n) is 28.9. The van der Waals surface area contributed by atoms with Crippen LogP contribution >= 0.6 is 11.3 Å². The number of furan rings is 1. The minimum Gasteiger partial charge on any atom is -0.456 e. The predicted octanol–water partition coefficient (Wildman–Crippen LogP) is 14.6. The summed E-state index contributed by atoms with van der Waals surface area (Å²) in [5.41, 5.74) is 11.9. The van der Waals surface area contributed by atoms with Crippen molar-refractivity contribution in [2.45, 2.75) is 0 Å². The van der Waals surface area contributed by atoms with Gasteiger partial charge in [0.2, 0.25) is 5.89 Å². The van der Waals surface area contributed by atoms with E-state index in [1.807, 2.05) is 53.8 Å². The number of oxazole rings is 1.